The highest BCUT2D eigenvalue weighted by Crippen LogP contribution is 2.41. The van der Waals surface area contributed by atoms with Gasteiger partial charge in [0, 0.05) is 23.1 Å². The summed E-state index contributed by atoms with van der Waals surface area (Å²) in [6, 6.07) is 9.63. The zero-order valence-electron chi connectivity index (χ0n) is 15.4. The van der Waals surface area contributed by atoms with Crippen LogP contribution in [0.5, 0.6) is 23.0 Å². The number of aromatic nitrogens is 2. The molecule has 3 rings (SSSR count). The normalized spacial score (nSPS) is 10.7. The number of carboxylic acids is 1. The maximum atomic E-state index is 10.5. The van der Waals surface area contributed by atoms with Crippen LogP contribution in [-0.2, 0) is 4.79 Å². The number of hydrogen-bond acceptors (Lipinski definition) is 5. The van der Waals surface area contributed by atoms with Crippen molar-refractivity contribution in [2.24, 2.45) is 0 Å². The van der Waals surface area contributed by atoms with Gasteiger partial charge in [-0.2, -0.15) is 5.10 Å². The first kappa shape index (κ1) is 20.8. The lowest BCUT2D eigenvalue weighted by Crippen LogP contribution is -2.02. The van der Waals surface area contributed by atoms with Crippen LogP contribution in [0.4, 0.5) is 0 Å². The molecule has 0 aliphatic heterocycles. The SMILES string of the molecule is Cc1[nH]nc(-c2ccc(OCCCC(=O)O)cc2O)c1Oc1ccc(Cl)cc1Cl. The van der Waals surface area contributed by atoms with Crippen molar-refractivity contribution in [3.05, 3.63) is 52.1 Å². The minimum atomic E-state index is -0.881. The molecule has 7 nitrogen and oxygen atoms in total. The van der Waals surface area contributed by atoms with E-state index in [0.717, 1.165) is 0 Å². The number of rotatable bonds is 8. The first-order chi connectivity index (χ1) is 13.8. The van der Waals surface area contributed by atoms with Gasteiger partial charge in [0.15, 0.2) is 5.75 Å². The van der Waals surface area contributed by atoms with Crippen molar-refractivity contribution in [1.82, 2.24) is 10.2 Å². The molecule has 0 aliphatic rings. The Hall–Kier alpha value is -2.90. The van der Waals surface area contributed by atoms with E-state index in [-0.39, 0.29) is 18.8 Å². The molecular formula is C20H18Cl2N2O5. The minimum Gasteiger partial charge on any atom is -0.507 e. The summed E-state index contributed by atoms with van der Waals surface area (Å²) in [6.45, 7) is 2.02. The molecule has 29 heavy (non-hydrogen) atoms. The van der Waals surface area contributed by atoms with E-state index in [9.17, 15) is 9.90 Å². The Kier molecular flexibility index (Phi) is 6.51. The van der Waals surface area contributed by atoms with Crippen LogP contribution in [0.1, 0.15) is 18.5 Å². The van der Waals surface area contributed by atoms with Gasteiger partial charge in [-0.3, -0.25) is 9.89 Å². The lowest BCUT2D eigenvalue weighted by molar-refractivity contribution is -0.137. The predicted molar refractivity (Wildman–Crippen MR) is 109 cm³/mol. The standard InChI is InChI=1S/C20H18Cl2N2O5/c1-11-20(29-17-7-4-12(21)9-15(17)22)19(24-23-11)14-6-5-13(10-16(14)25)28-8-2-3-18(26)27/h4-7,9-10,25H,2-3,8H2,1H3,(H,23,24)(H,26,27). The van der Waals surface area contributed by atoms with Crippen molar-refractivity contribution in [1.29, 1.82) is 0 Å². The van der Waals surface area contributed by atoms with Gasteiger partial charge in [0.1, 0.15) is 22.9 Å². The summed E-state index contributed by atoms with van der Waals surface area (Å²) in [4.78, 5) is 10.5. The second-order valence-electron chi connectivity index (χ2n) is 6.23. The van der Waals surface area contributed by atoms with Crippen molar-refractivity contribution >= 4 is 29.2 Å². The molecule has 0 saturated carbocycles. The topological polar surface area (TPSA) is 105 Å². The number of nitrogens with zero attached hydrogens (tertiary/aromatic N) is 1. The highest BCUT2D eigenvalue weighted by Gasteiger charge is 2.19. The average molecular weight is 437 g/mol. The van der Waals surface area contributed by atoms with Crippen LogP contribution in [0.25, 0.3) is 11.3 Å². The van der Waals surface area contributed by atoms with E-state index in [0.29, 0.717) is 50.7 Å². The summed E-state index contributed by atoms with van der Waals surface area (Å²) < 4.78 is 11.4. The number of aromatic amines is 1. The fourth-order valence-electron chi connectivity index (χ4n) is 2.61. The number of ether oxygens (including phenoxy) is 2. The van der Waals surface area contributed by atoms with Crippen LogP contribution in [0.15, 0.2) is 36.4 Å². The third kappa shape index (κ3) is 5.13. The van der Waals surface area contributed by atoms with Crippen molar-refractivity contribution in [2.45, 2.75) is 19.8 Å². The molecule has 0 amide bonds. The zero-order chi connectivity index (χ0) is 21.0. The summed E-state index contributed by atoms with van der Waals surface area (Å²) in [7, 11) is 0. The van der Waals surface area contributed by atoms with Gasteiger partial charge in [-0.05, 0) is 43.7 Å². The highest BCUT2D eigenvalue weighted by atomic mass is 35.5. The van der Waals surface area contributed by atoms with Crippen molar-refractivity contribution < 1.29 is 24.5 Å². The molecule has 3 N–H and O–H groups in total. The summed E-state index contributed by atoms with van der Waals surface area (Å²) in [5.74, 6) is 0.305. The fraction of sp³-hybridized carbons (Fsp3) is 0.200. The maximum absolute atomic E-state index is 10.5. The highest BCUT2D eigenvalue weighted by molar-refractivity contribution is 6.35. The number of halogens is 2. The molecule has 0 saturated heterocycles. The van der Waals surface area contributed by atoms with Crippen LogP contribution in [-0.4, -0.2) is 33.0 Å². The Morgan fingerprint density at radius 3 is 2.69 bits per heavy atom. The zero-order valence-corrected chi connectivity index (χ0v) is 16.9. The van der Waals surface area contributed by atoms with Crippen LogP contribution in [0.2, 0.25) is 10.0 Å². The molecule has 9 heteroatoms. The molecule has 0 radical (unpaired) electrons. The Balaban J connectivity index is 1.81. The number of aromatic hydroxyl groups is 1. The van der Waals surface area contributed by atoms with Gasteiger partial charge in [0.05, 0.1) is 17.3 Å². The van der Waals surface area contributed by atoms with E-state index in [1.165, 1.54) is 6.07 Å². The van der Waals surface area contributed by atoms with E-state index in [2.05, 4.69) is 10.2 Å². The number of phenols is 1. The molecule has 152 valence electrons. The molecule has 3 aromatic rings. The molecule has 0 spiro atoms. The number of aliphatic carboxylic acids is 1. The van der Waals surface area contributed by atoms with Gasteiger partial charge < -0.3 is 19.7 Å². The number of aryl methyl sites for hydroxylation is 1. The summed E-state index contributed by atoms with van der Waals surface area (Å²) >= 11 is 12.1. The third-order valence-corrected chi connectivity index (χ3v) is 4.56. The Morgan fingerprint density at radius 1 is 1.21 bits per heavy atom. The first-order valence-corrected chi connectivity index (χ1v) is 9.46. The van der Waals surface area contributed by atoms with Gasteiger partial charge in [0.2, 0.25) is 0 Å². The monoisotopic (exact) mass is 436 g/mol. The van der Waals surface area contributed by atoms with E-state index in [1.54, 1.807) is 37.3 Å². The van der Waals surface area contributed by atoms with Crippen LogP contribution in [0.3, 0.4) is 0 Å². The molecule has 1 aromatic heterocycles. The van der Waals surface area contributed by atoms with Crippen molar-refractivity contribution in [3.63, 3.8) is 0 Å². The average Bonchev–Trinajstić information content (AvgIpc) is 3.01. The van der Waals surface area contributed by atoms with E-state index in [1.807, 2.05) is 0 Å². The molecule has 0 unspecified atom stereocenters. The predicted octanol–water partition coefficient (Wildman–Crippen LogP) is 5.43. The number of nitrogens with one attached hydrogen (secondary N) is 1. The maximum Gasteiger partial charge on any atom is 0.303 e. The second kappa shape index (κ2) is 9.07. The van der Waals surface area contributed by atoms with E-state index >= 15 is 0 Å². The summed E-state index contributed by atoms with van der Waals surface area (Å²) in [5.41, 5.74) is 1.50. The van der Waals surface area contributed by atoms with Crippen molar-refractivity contribution in [2.75, 3.05) is 6.61 Å². The lowest BCUT2D eigenvalue weighted by Gasteiger charge is -2.11. The summed E-state index contributed by atoms with van der Waals surface area (Å²) in [5, 5.41) is 27.0. The summed E-state index contributed by atoms with van der Waals surface area (Å²) in [6.07, 6.45) is 0.390. The van der Waals surface area contributed by atoms with Crippen LogP contribution in [0, 0.1) is 6.92 Å². The lowest BCUT2D eigenvalue weighted by atomic mass is 10.1. The van der Waals surface area contributed by atoms with Gasteiger partial charge in [0.25, 0.3) is 0 Å². The van der Waals surface area contributed by atoms with E-state index < -0.39 is 5.97 Å². The van der Waals surface area contributed by atoms with Crippen LogP contribution < -0.4 is 9.47 Å². The Labute approximate surface area is 176 Å². The molecule has 1 heterocycles. The fourth-order valence-corrected chi connectivity index (χ4v) is 3.06. The molecular weight excluding hydrogens is 419 g/mol. The smallest absolute Gasteiger partial charge is 0.303 e. The first-order valence-electron chi connectivity index (χ1n) is 8.71. The van der Waals surface area contributed by atoms with Crippen LogP contribution >= 0.6 is 23.2 Å². The minimum absolute atomic E-state index is 0.0184. The number of carbonyl (C=O) groups is 1. The number of carboxylic acid groups (broad SMARTS) is 1. The van der Waals surface area contributed by atoms with Gasteiger partial charge >= 0.3 is 5.97 Å². The number of hydrogen-bond donors (Lipinski definition) is 3. The van der Waals surface area contributed by atoms with Gasteiger partial charge in [-0.15, -0.1) is 0 Å². The van der Waals surface area contributed by atoms with Gasteiger partial charge in [-0.1, -0.05) is 23.2 Å². The number of H-pyrrole nitrogens is 1. The second-order valence-corrected chi connectivity index (χ2v) is 7.07. The molecule has 0 atom stereocenters. The number of phenolic OH excluding ortho intramolecular Hbond substituents is 1. The molecule has 0 bridgehead atoms. The van der Waals surface area contributed by atoms with Crippen molar-refractivity contribution in [3.8, 4) is 34.3 Å². The largest absolute Gasteiger partial charge is 0.507 e. The van der Waals surface area contributed by atoms with E-state index in [4.69, 9.17) is 37.8 Å². The Morgan fingerprint density at radius 2 is 2.00 bits per heavy atom. The Bertz CT molecular complexity index is 1040. The number of benzene rings is 2. The third-order valence-electron chi connectivity index (χ3n) is 4.03. The molecule has 0 fully saturated rings. The molecule has 0 aliphatic carbocycles. The quantitative estimate of drug-likeness (QED) is 0.406. The van der Waals surface area contributed by atoms with Gasteiger partial charge in [-0.25, -0.2) is 0 Å². The molecule has 2 aromatic carbocycles.